The molecule has 2 heterocycles. The Balaban J connectivity index is 1.35. The molecule has 1 amide bonds. The van der Waals surface area contributed by atoms with Crippen LogP contribution in [0.1, 0.15) is 21.5 Å². The van der Waals surface area contributed by atoms with Crippen LogP contribution in [0.2, 0.25) is 0 Å². The molecule has 6 heteroatoms. The number of esters is 1. The van der Waals surface area contributed by atoms with Crippen molar-refractivity contribution >= 4 is 11.9 Å². The summed E-state index contributed by atoms with van der Waals surface area (Å²) in [7, 11) is 0. The number of carbonyl (C=O) groups is 2. The van der Waals surface area contributed by atoms with E-state index >= 15 is 0 Å². The molecule has 0 saturated heterocycles. The van der Waals surface area contributed by atoms with Crippen molar-refractivity contribution in [2.45, 2.75) is 13.0 Å². The summed E-state index contributed by atoms with van der Waals surface area (Å²) in [5.41, 5.74) is 2.75. The van der Waals surface area contributed by atoms with Gasteiger partial charge in [-0.15, -0.1) is 0 Å². The second kappa shape index (κ2) is 7.07. The zero-order chi connectivity index (χ0) is 17.9. The van der Waals surface area contributed by atoms with E-state index in [1.54, 1.807) is 23.1 Å². The molecular formula is C20H19NO5. The predicted molar refractivity (Wildman–Crippen MR) is 93.3 cm³/mol. The molecule has 0 bridgehead atoms. The highest BCUT2D eigenvalue weighted by Gasteiger charge is 2.22. The third kappa shape index (κ3) is 3.35. The predicted octanol–water partition coefficient (Wildman–Crippen LogP) is 2.20. The van der Waals surface area contributed by atoms with Crippen LogP contribution in [-0.2, 0) is 22.5 Å². The Morgan fingerprint density at radius 1 is 1.00 bits per heavy atom. The van der Waals surface area contributed by atoms with Gasteiger partial charge in [0.2, 0.25) is 0 Å². The van der Waals surface area contributed by atoms with Gasteiger partial charge in [0.25, 0.3) is 5.91 Å². The third-order valence-electron chi connectivity index (χ3n) is 4.59. The number of hydrogen-bond donors (Lipinski definition) is 0. The van der Waals surface area contributed by atoms with Crippen LogP contribution >= 0.6 is 0 Å². The zero-order valence-electron chi connectivity index (χ0n) is 14.3. The SMILES string of the molecule is O=C(OCC(=O)N1CCc2ccccc2C1)c1ccc2c(c1)OCCO2. The van der Waals surface area contributed by atoms with Crippen LogP contribution in [-0.4, -0.2) is 43.1 Å². The van der Waals surface area contributed by atoms with Crippen molar-refractivity contribution in [3.8, 4) is 11.5 Å². The Morgan fingerprint density at radius 2 is 1.77 bits per heavy atom. The van der Waals surface area contributed by atoms with Gasteiger partial charge in [0.1, 0.15) is 13.2 Å². The highest BCUT2D eigenvalue weighted by molar-refractivity contribution is 5.92. The van der Waals surface area contributed by atoms with Gasteiger partial charge in [0.05, 0.1) is 5.56 Å². The van der Waals surface area contributed by atoms with Gasteiger partial charge in [-0.3, -0.25) is 4.79 Å². The van der Waals surface area contributed by atoms with E-state index in [2.05, 4.69) is 6.07 Å². The molecule has 0 N–H and O–H groups in total. The lowest BCUT2D eigenvalue weighted by Gasteiger charge is -2.28. The maximum absolute atomic E-state index is 12.4. The molecule has 0 aliphatic carbocycles. The smallest absolute Gasteiger partial charge is 0.338 e. The summed E-state index contributed by atoms with van der Waals surface area (Å²) in [6, 6.07) is 12.9. The van der Waals surface area contributed by atoms with Crippen LogP contribution in [0.4, 0.5) is 0 Å². The van der Waals surface area contributed by atoms with Gasteiger partial charge >= 0.3 is 5.97 Å². The van der Waals surface area contributed by atoms with Crippen LogP contribution in [0.3, 0.4) is 0 Å². The highest BCUT2D eigenvalue weighted by Crippen LogP contribution is 2.31. The number of ether oxygens (including phenoxy) is 3. The molecule has 0 unspecified atom stereocenters. The second-order valence-corrected chi connectivity index (χ2v) is 6.27. The first kappa shape index (κ1) is 16.4. The molecule has 0 spiro atoms. The molecule has 6 nitrogen and oxygen atoms in total. The fourth-order valence-electron chi connectivity index (χ4n) is 3.18. The molecule has 2 aliphatic rings. The zero-order valence-corrected chi connectivity index (χ0v) is 14.3. The summed E-state index contributed by atoms with van der Waals surface area (Å²) in [6.07, 6.45) is 0.817. The van der Waals surface area contributed by atoms with Crippen LogP contribution in [0, 0.1) is 0 Å². The number of amides is 1. The Morgan fingerprint density at radius 3 is 2.62 bits per heavy atom. The molecular weight excluding hydrogens is 334 g/mol. The summed E-state index contributed by atoms with van der Waals surface area (Å²) >= 11 is 0. The molecule has 0 fully saturated rings. The Labute approximate surface area is 151 Å². The number of benzene rings is 2. The lowest BCUT2D eigenvalue weighted by atomic mass is 10.00. The largest absolute Gasteiger partial charge is 0.486 e. The molecule has 26 heavy (non-hydrogen) atoms. The molecule has 0 saturated carbocycles. The van der Waals surface area contributed by atoms with Crippen molar-refractivity contribution in [3.63, 3.8) is 0 Å². The molecule has 2 aliphatic heterocycles. The molecule has 2 aromatic rings. The van der Waals surface area contributed by atoms with Gasteiger partial charge in [0, 0.05) is 13.1 Å². The fraction of sp³-hybridized carbons (Fsp3) is 0.300. The minimum Gasteiger partial charge on any atom is -0.486 e. The van der Waals surface area contributed by atoms with Gasteiger partial charge in [-0.2, -0.15) is 0 Å². The van der Waals surface area contributed by atoms with Crippen molar-refractivity contribution < 1.29 is 23.8 Å². The van der Waals surface area contributed by atoms with Crippen LogP contribution in [0.15, 0.2) is 42.5 Å². The maximum Gasteiger partial charge on any atom is 0.338 e. The average molecular weight is 353 g/mol. The Bertz CT molecular complexity index is 848. The minimum absolute atomic E-state index is 0.189. The minimum atomic E-state index is -0.548. The van der Waals surface area contributed by atoms with Gasteiger partial charge in [-0.25, -0.2) is 4.79 Å². The molecule has 134 valence electrons. The molecule has 0 radical (unpaired) electrons. The first-order chi connectivity index (χ1) is 12.7. The van der Waals surface area contributed by atoms with Crippen molar-refractivity contribution in [2.24, 2.45) is 0 Å². The standard InChI is InChI=1S/C20H19NO5/c22-19(21-8-7-14-3-1-2-4-16(14)12-21)13-26-20(23)15-5-6-17-18(11-15)25-10-9-24-17/h1-6,11H,7-10,12-13H2. The molecule has 4 rings (SSSR count). The Hall–Kier alpha value is -3.02. The van der Waals surface area contributed by atoms with E-state index in [0.717, 1.165) is 12.0 Å². The average Bonchev–Trinajstić information content (AvgIpc) is 2.71. The molecule has 0 aromatic heterocycles. The topological polar surface area (TPSA) is 65.1 Å². The van der Waals surface area contributed by atoms with E-state index in [9.17, 15) is 9.59 Å². The molecule has 2 aromatic carbocycles. The number of carbonyl (C=O) groups excluding carboxylic acids is 2. The van der Waals surface area contributed by atoms with E-state index < -0.39 is 5.97 Å². The summed E-state index contributed by atoms with van der Waals surface area (Å²) < 4.78 is 16.1. The van der Waals surface area contributed by atoms with Gasteiger partial charge in [-0.05, 0) is 35.7 Å². The highest BCUT2D eigenvalue weighted by atomic mass is 16.6. The van der Waals surface area contributed by atoms with E-state index in [-0.39, 0.29) is 12.5 Å². The maximum atomic E-state index is 12.4. The first-order valence-electron chi connectivity index (χ1n) is 8.62. The first-order valence-corrected chi connectivity index (χ1v) is 8.62. The monoisotopic (exact) mass is 353 g/mol. The van der Waals surface area contributed by atoms with Crippen LogP contribution in [0.25, 0.3) is 0 Å². The Kier molecular flexibility index (Phi) is 4.48. The van der Waals surface area contributed by atoms with Gasteiger partial charge in [0.15, 0.2) is 18.1 Å². The van der Waals surface area contributed by atoms with Crippen molar-refractivity contribution in [3.05, 3.63) is 59.2 Å². The lowest BCUT2D eigenvalue weighted by molar-refractivity contribution is -0.135. The van der Waals surface area contributed by atoms with Gasteiger partial charge in [-0.1, -0.05) is 24.3 Å². The summed E-state index contributed by atoms with van der Waals surface area (Å²) in [6.45, 7) is 1.86. The van der Waals surface area contributed by atoms with Crippen molar-refractivity contribution in [1.82, 2.24) is 4.90 Å². The number of nitrogens with zero attached hydrogens (tertiary/aromatic N) is 1. The number of fused-ring (bicyclic) bond motifs is 2. The van der Waals surface area contributed by atoms with E-state index in [1.165, 1.54) is 5.56 Å². The van der Waals surface area contributed by atoms with E-state index in [0.29, 0.717) is 43.4 Å². The third-order valence-corrected chi connectivity index (χ3v) is 4.59. The van der Waals surface area contributed by atoms with Crippen LogP contribution < -0.4 is 9.47 Å². The van der Waals surface area contributed by atoms with Crippen molar-refractivity contribution in [2.75, 3.05) is 26.4 Å². The van der Waals surface area contributed by atoms with Gasteiger partial charge < -0.3 is 19.1 Å². The summed E-state index contributed by atoms with van der Waals surface area (Å²) in [4.78, 5) is 26.3. The van der Waals surface area contributed by atoms with E-state index in [4.69, 9.17) is 14.2 Å². The number of rotatable bonds is 3. The number of hydrogen-bond acceptors (Lipinski definition) is 5. The van der Waals surface area contributed by atoms with Crippen molar-refractivity contribution in [1.29, 1.82) is 0 Å². The second-order valence-electron chi connectivity index (χ2n) is 6.27. The normalized spacial score (nSPS) is 15.2. The van der Waals surface area contributed by atoms with E-state index in [1.807, 2.05) is 18.2 Å². The molecule has 0 atom stereocenters. The summed E-state index contributed by atoms with van der Waals surface area (Å²) in [5, 5.41) is 0. The fourth-order valence-corrected chi connectivity index (χ4v) is 3.18. The lowest BCUT2D eigenvalue weighted by Crippen LogP contribution is -2.38. The quantitative estimate of drug-likeness (QED) is 0.792. The summed E-state index contributed by atoms with van der Waals surface area (Å²) in [5.74, 6) is 0.388. The van der Waals surface area contributed by atoms with Crippen LogP contribution in [0.5, 0.6) is 11.5 Å².